The molecule has 1 saturated heterocycles. The van der Waals surface area contributed by atoms with Crippen LogP contribution in [0.4, 0.5) is 0 Å². The molecule has 1 aliphatic rings. The predicted molar refractivity (Wildman–Crippen MR) is 111 cm³/mol. The van der Waals surface area contributed by atoms with Gasteiger partial charge in [0.25, 0.3) is 5.91 Å². The van der Waals surface area contributed by atoms with E-state index in [2.05, 4.69) is 5.32 Å². The summed E-state index contributed by atoms with van der Waals surface area (Å²) < 4.78 is 27.2. The van der Waals surface area contributed by atoms with Crippen LogP contribution in [0.3, 0.4) is 0 Å². The molecule has 1 heterocycles. The minimum Gasteiger partial charge on any atom is -0.345 e. The first-order valence-corrected chi connectivity index (χ1v) is 11.3. The lowest BCUT2D eigenvalue weighted by atomic mass is 10.1. The molecule has 3 rings (SSSR count). The third-order valence-corrected chi connectivity index (χ3v) is 7.33. The summed E-state index contributed by atoms with van der Waals surface area (Å²) in [6, 6.07) is 11.1. The summed E-state index contributed by atoms with van der Waals surface area (Å²) in [5, 5.41) is 3.67. The lowest BCUT2D eigenvalue weighted by Crippen LogP contribution is -2.35. The molecule has 28 heavy (non-hydrogen) atoms. The van der Waals surface area contributed by atoms with Crippen LogP contribution in [0.25, 0.3) is 0 Å². The second-order valence-corrected chi connectivity index (χ2v) is 9.63. The standard InChI is InChI=1S/C20H22Cl2N2O3S/c1-14(15-5-7-16(21)8-6-15)23-20(25)18-13-17(9-10-19(18)22)28(26,27)24-11-3-2-4-12-24/h5-10,13-14H,2-4,11-12H2,1H3,(H,23,25). The zero-order chi connectivity index (χ0) is 20.3. The van der Waals surface area contributed by atoms with Crippen molar-refractivity contribution in [3.63, 3.8) is 0 Å². The second-order valence-electron chi connectivity index (χ2n) is 6.85. The molecule has 0 radical (unpaired) electrons. The van der Waals surface area contributed by atoms with Crippen molar-refractivity contribution >= 4 is 39.1 Å². The van der Waals surface area contributed by atoms with Crippen LogP contribution in [0, 0.1) is 0 Å². The Hall–Kier alpha value is -1.60. The van der Waals surface area contributed by atoms with Crippen molar-refractivity contribution in [2.75, 3.05) is 13.1 Å². The van der Waals surface area contributed by atoms with Crippen molar-refractivity contribution < 1.29 is 13.2 Å². The van der Waals surface area contributed by atoms with Crippen LogP contribution >= 0.6 is 23.2 Å². The van der Waals surface area contributed by atoms with Crippen LogP contribution in [-0.2, 0) is 10.0 Å². The second kappa shape index (κ2) is 8.82. The van der Waals surface area contributed by atoms with Crippen molar-refractivity contribution in [3.8, 4) is 0 Å². The number of halogens is 2. The highest BCUT2D eigenvalue weighted by molar-refractivity contribution is 7.89. The fraction of sp³-hybridized carbons (Fsp3) is 0.350. The van der Waals surface area contributed by atoms with Crippen LogP contribution < -0.4 is 5.32 Å². The van der Waals surface area contributed by atoms with E-state index in [4.69, 9.17) is 23.2 Å². The maximum atomic E-state index is 12.9. The highest BCUT2D eigenvalue weighted by Crippen LogP contribution is 2.26. The third-order valence-electron chi connectivity index (χ3n) is 4.85. The first kappa shape index (κ1) is 21.1. The van der Waals surface area contributed by atoms with Crippen molar-refractivity contribution in [2.45, 2.75) is 37.1 Å². The molecule has 0 spiro atoms. The van der Waals surface area contributed by atoms with Gasteiger partial charge < -0.3 is 5.32 Å². The SMILES string of the molecule is CC(NC(=O)c1cc(S(=O)(=O)N2CCCCC2)ccc1Cl)c1ccc(Cl)cc1. The van der Waals surface area contributed by atoms with Gasteiger partial charge in [0.2, 0.25) is 10.0 Å². The fourth-order valence-corrected chi connectivity index (χ4v) is 5.08. The molecule has 2 aromatic carbocycles. The third kappa shape index (κ3) is 4.69. The summed E-state index contributed by atoms with van der Waals surface area (Å²) in [5.41, 5.74) is 1.02. The zero-order valence-electron chi connectivity index (χ0n) is 15.5. The van der Waals surface area contributed by atoms with Crippen molar-refractivity contribution in [1.29, 1.82) is 0 Å². The molecule has 1 fully saturated rings. The number of piperidine rings is 1. The number of amides is 1. The van der Waals surface area contributed by atoms with Crippen LogP contribution in [0.1, 0.15) is 48.1 Å². The normalized spacial score (nSPS) is 16.5. The van der Waals surface area contributed by atoms with E-state index < -0.39 is 15.9 Å². The highest BCUT2D eigenvalue weighted by Gasteiger charge is 2.27. The van der Waals surface area contributed by atoms with Gasteiger partial charge >= 0.3 is 0 Å². The number of carbonyl (C=O) groups is 1. The Morgan fingerprint density at radius 1 is 1.04 bits per heavy atom. The summed E-state index contributed by atoms with van der Waals surface area (Å²) >= 11 is 12.1. The number of sulfonamides is 1. The number of carbonyl (C=O) groups excluding carboxylic acids is 1. The molecule has 1 unspecified atom stereocenters. The number of hydrogen-bond acceptors (Lipinski definition) is 3. The van der Waals surface area contributed by atoms with Crippen molar-refractivity contribution in [2.24, 2.45) is 0 Å². The Morgan fingerprint density at radius 3 is 2.32 bits per heavy atom. The van der Waals surface area contributed by atoms with Gasteiger partial charge in [-0.05, 0) is 55.7 Å². The van der Waals surface area contributed by atoms with Crippen LogP contribution in [0.5, 0.6) is 0 Å². The fourth-order valence-electron chi connectivity index (χ4n) is 3.20. The van der Waals surface area contributed by atoms with Crippen molar-refractivity contribution in [1.82, 2.24) is 9.62 Å². The van der Waals surface area contributed by atoms with Crippen LogP contribution in [0.15, 0.2) is 47.4 Å². The summed E-state index contributed by atoms with van der Waals surface area (Å²) in [6.07, 6.45) is 2.72. The summed E-state index contributed by atoms with van der Waals surface area (Å²) in [6.45, 7) is 2.84. The quantitative estimate of drug-likeness (QED) is 0.734. The van der Waals surface area contributed by atoms with Gasteiger partial charge in [-0.15, -0.1) is 0 Å². The Kier molecular flexibility index (Phi) is 6.65. The largest absolute Gasteiger partial charge is 0.345 e. The van der Waals surface area contributed by atoms with Crippen molar-refractivity contribution in [3.05, 3.63) is 63.6 Å². The molecule has 0 aromatic heterocycles. The Labute approximate surface area is 175 Å². The predicted octanol–water partition coefficient (Wildman–Crippen LogP) is 4.66. The molecule has 0 saturated carbocycles. The van der Waals surface area contributed by atoms with Crippen LogP contribution in [0.2, 0.25) is 10.0 Å². The molecule has 2 aromatic rings. The molecule has 1 N–H and O–H groups in total. The summed E-state index contributed by atoms with van der Waals surface area (Å²) in [5.74, 6) is -0.428. The average molecular weight is 441 g/mol. The number of nitrogens with zero attached hydrogens (tertiary/aromatic N) is 1. The number of benzene rings is 2. The molecule has 1 amide bonds. The lowest BCUT2D eigenvalue weighted by molar-refractivity contribution is 0.0940. The molecule has 0 aliphatic carbocycles. The summed E-state index contributed by atoms with van der Waals surface area (Å²) in [7, 11) is -3.64. The Balaban J connectivity index is 1.82. The van der Waals surface area contributed by atoms with E-state index in [0.29, 0.717) is 18.1 Å². The maximum Gasteiger partial charge on any atom is 0.253 e. The summed E-state index contributed by atoms with van der Waals surface area (Å²) in [4.78, 5) is 12.8. The minimum atomic E-state index is -3.64. The van der Waals surface area contributed by atoms with Crippen LogP contribution in [-0.4, -0.2) is 31.7 Å². The maximum absolute atomic E-state index is 12.9. The van der Waals surface area contributed by atoms with E-state index in [1.54, 1.807) is 12.1 Å². The van der Waals surface area contributed by atoms with Gasteiger partial charge in [-0.2, -0.15) is 4.31 Å². The van der Waals surface area contributed by atoms with Gasteiger partial charge in [-0.25, -0.2) is 8.42 Å². The van der Waals surface area contributed by atoms with Gasteiger partial charge in [0.15, 0.2) is 0 Å². The molecular weight excluding hydrogens is 419 g/mol. The molecule has 150 valence electrons. The molecular formula is C20H22Cl2N2O3S. The first-order chi connectivity index (χ1) is 13.3. The monoisotopic (exact) mass is 440 g/mol. The zero-order valence-corrected chi connectivity index (χ0v) is 17.8. The van der Waals surface area contributed by atoms with Gasteiger partial charge in [0.05, 0.1) is 21.5 Å². The van der Waals surface area contributed by atoms with Gasteiger partial charge in [-0.1, -0.05) is 41.8 Å². The van der Waals surface area contributed by atoms with Gasteiger partial charge in [0, 0.05) is 18.1 Å². The van der Waals surface area contributed by atoms with E-state index in [1.807, 2.05) is 19.1 Å². The van der Waals surface area contributed by atoms with Gasteiger partial charge in [0.1, 0.15) is 0 Å². The Bertz CT molecular complexity index is 956. The molecule has 0 bridgehead atoms. The molecule has 5 nitrogen and oxygen atoms in total. The number of hydrogen-bond donors (Lipinski definition) is 1. The number of nitrogens with one attached hydrogen (secondary N) is 1. The molecule has 8 heteroatoms. The van der Waals surface area contributed by atoms with E-state index >= 15 is 0 Å². The Morgan fingerprint density at radius 2 is 1.68 bits per heavy atom. The average Bonchev–Trinajstić information content (AvgIpc) is 2.69. The smallest absolute Gasteiger partial charge is 0.253 e. The van der Waals surface area contributed by atoms with E-state index in [-0.39, 0.29) is 21.5 Å². The molecule has 1 atom stereocenters. The van der Waals surface area contributed by atoms with E-state index in [0.717, 1.165) is 24.8 Å². The number of rotatable bonds is 5. The van der Waals surface area contributed by atoms with Gasteiger partial charge in [-0.3, -0.25) is 4.79 Å². The van der Waals surface area contributed by atoms with E-state index in [1.165, 1.54) is 22.5 Å². The van der Waals surface area contributed by atoms with E-state index in [9.17, 15) is 13.2 Å². The lowest BCUT2D eigenvalue weighted by Gasteiger charge is -2.26. The highest BCUT2D eigenvalue weighted by atomic mass is 35.5. The minimum absolute atomic E-state index is 0.0862. The molecule has 1 aliphatic heterocycles. The topological polar surface area (TPSA) is 66.5 Å². The first-order valence-electron chi connectivity index (χ1n) is 9.15.